The normalized spacial score (nSPS) is 49.5. The molecular weight excluding hydrogens is 1330 g/mol. The van der Waals surface area contributed by atoms with Gasteiger partial charge in [-0.2, -0.15) is 0 Å². The van der Waals surface area contributed by atoms with E-state index in [4.69, 9.17) is 71.1 Å². The third kappa shape index (κ3) is 16.3. The van der Waals surface area contributed by atoms with Gasteiger partial charge in [-0.05, 0) is 0 Å². The number of carboxylic acids is 3. The molecule has 0 saturated carbocycles. The number of aliphatic hydroxyl groups excluding tert-OH is 20. The number of amides is 2. The van der Waals surface area contributed by atoms with Crippen molar-refractivity contribution in [3.63, 3.8) is 0 Å². The van der Waals surface area contributed by atoms with Gasteiger partial charge in [0.15, 0.2) is 68.6 Å². The van der Waals surface area contributed by atoms with Gasteiger partial charge in [0.25, 0.3) is 0 Å². The van der Waals surface area contributed by atoms with Crippen LogP contribution in [0.2, 0.25) is 0 Å². The molecular formula is C51H80N2O43. The van der Waals surface area contributed by atoms with E-state index >= 15 is 0 Å². The molecule has 552 valence electrons. The zero-order chi connectivity index (χ0) is 71.0. The average Bonchev–Trinajstić information content (AvgIpc) is 0.773. The molecule has 0 spiro atoms. The highest BCUT2D eigenvalue weighted by Crippen LogP contribution is 2.39. The van der Waals surface area contributed by atoms with Crippen LogP contribution in [0.4, 0.5) is 0 Å². The van der Waals surface area contributed by atoms with Gasteiger partial charge in [0.2, 0.25) is 11.8 Å². The first-order chi connectivity index (χ1) is 45.2. The van der Waals surface area contributed by atoms with Crippen LogP contribution in [-0.2, 0) is 95.0 Å². The second-order valence-corrected chi connectivity index (χ2v) is 23.5. The summed E-state index contributed by atoms with van der Waals surface area (Å²) in [5, 5.41) is 252. The molecule has 8 heterocycles. The summed E-state index contributed by atoms with van der Waals surface area (Å²) in [5.74, 6) is -8.03. The summed E-state index contributed by atoms with van der Waals surface area (Å²) >= 11 is 0. The highest BCUT2D eigenvalue weighted by Gasteiger charge is 2.61. The summed E-state index contributed by atoms with van der Waals surface area (Å²) in [6.45, 7) is -3.38. The van der Waals surface area contributed by atoms with Gasteiger partial charge >= 0.3 is 17.9 Å². The van der Waals surface area contributed by atoms with Crippen molar-refractivity contribution in [2.45, 2.75) is 253 Å². The van der Waals surface area contributed by atoms with Crippen LogP contribution < -0.4 is 10.6 Å². The minimum Gasteiger partial charge on any atom is -0.479 e. The summed E-state index contributed by atoms with van der Waals surface area (Å²) < 4.78 is 83.5. The number of aliphatic hydroxyl groups is 20. The minimum atomic E-state index is -2.58. The molecule has 8 fully saturated rings. The molecule has 0 aromatic heterocycles. The van der Waals surface area contributed by atoms with Crippen LogP contribution in [0.1, 0.15) is 13.8 Å². The third-order valence-corrected chi connectivity index (χ3v) is 17.0. The van der Waals surface area contributed by atoms with Crippen LogP contribution in [0.15, 0.2) is 0 Å². The van der Waals surface area contributed by atoms with Crippen LogP contribution in [0, 0.1) is 0 Å². The molecule has 1 unspecified atom stereocenters. The van der Waals surface area contributed by atoms with Crippen LogP contribution in [0.5, 0.6) is 0 Å². The predicted octanol–water partition coefficient (Wildman–Crippen LogP) is -17.2. The SMILES string of the molecule is CC(=O)N[C@H]1[C@H](O[C@H]2[C@H](O)[C@@H](O)[C@H](O[C@H]3[C@@H](O)[C@@H](CO)O[C@@H](O[C@H]4[C@H](O)[C@@H](O)[C@H](O[C@H]5[C@@H](O)[C@@H](CO)O[C@@H](O[C@H]6[C@@H](O)[C@@H](CO)O[C@@H](O[C@@H]7COC(O)[C@H](O)[C@H]7O)[C@@H]6O)[C@@H]5O)O[C@@H]4C(=O)O)[C@@H]3NC(C)=O)O[C@@H]2C(=O)O)O[C@H](CO)[C@H](O)[C@@H]1O[C@@H]1O[C@H](C(=O)O)[C@@H](O)[C@H](O)[C@H]1O. The molecule has 8 rings (SSSR count). The van der Waals surface area contributed by atoms with Crippen molar-refractivity contribution in [2.75, 3.05) is 33.0 Å². The molecule has 0 aromatic carbocycles. The molecule has 45 nitrogen and oxygen atoms in total. The van der Waals surface area contributed by atoms with E-state index in [1.807, 2.05) is 0 Å². The first kappa shape index (κ1) is 77.7. The van der Waals surface area contributed by atoms with E-state index in [1.54, 1.807) is 0 Å². The number of carboxylic acid groups (broad SMARTS) is 3. The molecule has 39 atom stereocenters. The van der Waals surface area contributed by atoms with Crippen molar-refractivity contribution in [1.82, 2.24) is 10.6 Å². The van der Waals surface area contributed by atoms with E-state index in [-0.39, 0.29) is 0 Å². The highest BCUT2D eigenvalue weighted by atomic mass is 16.8. The lowest BCUT2D eigenvalue weighted by Crippen LogP contribution is -2.71. The minimum absolute atomic E-state index is 0.598. The fraction of sp³-hybridized carbons (Fsp3) is 0.902. The van der Waals surface area contributed by atoms with Crippen molar-refractivity contribution >= 4 is 29.7 Å². The second-order valence-electron chi connectivity index (χ2n) is 23.5. The summed E-state index contributed by atoms with van der Waals surface area (Å²) in [7, 11) is 0. The number of rotatable bonds is 23. The Bertz CT molecular complexity index is 2590. The molecule has 8 aliphatic rings. The van der Waals surface area contributed by atoms with Gasteiger partial charge in [-0.3, -0.25) is 9.59 Å². The van der Waals surface area contributed by atoms with Crippen molar-refractivity contribution in [2.24, 2.45) is 0 Å². The number of hydrogen-bond acceptors (Lipinski definition) is 40. The number of carbonyl (C=O) groups is 5. The summed E-state index contributed by atoms with van der Waals surface area (Å²) in [6.07, 6.45) is -81.6. The fourth-order valence-corrected chi connectivity index (χ4v) is 11.9. The summed E-state index contributed by atoms with van der Waals surface area (Å²) in [4.78, 5) is 63.5. The lowest BCUT2D eigenvalue weighted by Gasteiger charge is -2.50. The molecule has 45 heteroatoms. The molecule has 0 aliphatic carbocycles. The Morgan fingerprint density at radius 3 is 0.979 bits per heavy atom. The quantitative estimate of drug-likeness (QED) is 0.0452. The number of carbonyl (C=O) groups excluding carboxylic acids is 2. The van der Waals surface area contributed by atoms with E-state index in [1.165, 1.54) is 0 Å². The summed E-state index contributed by atoms with van der Waals surface area (Å²) in [6, 6.07) is -4.06. The van der Waals surface area contributed by atoms with Crippen LogP contribution >= 0.6 is 0 Å². The average molecular weight is 1410 g/mol. The third-order valence-electron chi connectivity index (χ3n) is 17.0. The molecule has 8 saturated heterocycles. The van der Waals surface area contributed by atoms with Crippen LogP contribution in [0.3, 0.4) is 0 Å². The van der Waals surface area contributed by atoms with E-state index < -0.39 is 302 Å². The van der Waals surface area contributed by atoms with E-state index in [9.17, 15) is 141 Å². The Hall–Kier alpha value is -4.05. The van der Waals surface area contributed by atoms with Gasteiger partial charge in [-0.15, -0.1) is 0 Å². The zero-order valence-electron chi connectivity index (χ0n) is 50.0. The molecule has 0 radical (unpaired) electrons. The van der Waals surface area contributed by atoms with Crippen LogP contribution in [0.25, 0.3) is 0 Å². The maximum absolute atomic E-state index is 13.0. The lowest BCUT2D eigenvalue weighted by molar-refractivity contribution is -0.390. The lowest BCUT2D eigenvalue weighted by atomic mass is 9.93. The largest absolute Gasteiger partial charge is 0.479 e. The first-order valence-corrected chi connectivity index (χ1v) is 29.5. The number of ether oxygens (including phenoxy) is 15. The Morgan fingerprint density at radius 2 is 0.625 bits per heavy atom. The Balaban J connectivity index is 0.988. The standard InChI is InChI=1S/C51H80N2O43/c1-8(58)52-15-32(88-47-27(70)22(65)23(66)38(94-47)41(75)76)18(61)10(3-54)83-45(15)92-36-24(67)28(71)48(95-39(36)42(77)78)89-33-16(53-9(2)59)46(84-11(4-55)19(33)62)93-37-25(68)29(72)49(96-40(37)43(79)80)90-35-21(64)13(6-57)86-51(31(35)74)91-34-20(63)12(5-56)85-50(30(34)73)87-14-7-82-44(81)26(69)17(14)60/h10-40,44-51,54-57,60-74,81H,3-7H2,1-2H3,(H,52,58)(H,53,59)(H,75,76)(H,77,78)(H,79,80)/t10-,11-,12-,13-,14-,15-,16-,17+,18+,19+,20+,21+,22+,23+,24-,25-,26-,27-,28-,29-,30-,31-,32-,33-,34+,35+,36+,37+,38+,39+,40+,44?,45+,46+,47-,48-,49-,50+,51+/m1/s1. The highest BCUT2D eigenvalue weighted by molar-refractivity contribution is 5.75. The number of hydrogen-bond donors (Lipinski definition) is 25. The molecule has 25 N–H and O–H groups in total. The van der Waals surface area contributed by atoms with Crippen molar-refractivity contribution in [1.29, 1.82) is 0 Å². The van der Waals surface area contributed by atoms with Gasteiger partial charge in [-0.1, -0.05) is 0 Å². The maximum atomic E-state index is 13.0. The zero-order valence-corrected chi connectivity index (χ0v) is 50.0. The molecule has 2 amide bonds. The Kier molecular flexibility index (Phi) is 26.5. The first-order valence-electron chi connectivity index (χ1n) is 29.5. The van der Waals surface area contributed by atoms with Gasteiger partial charge in [0, 0.05) is 13.8 Å². The fourth-order valence-electron chi connectivity index (χ4n) is 11.9. The number of aliphatic carboxylic acids is 3. The number of nitrogens with one attached hydrogen (secondary N) is 2. The van der Waals surface area contributed by atoms with Gasteiger partial charge in [-0.25, -0.2) is 14.4 Å². The van der Waals surface area contributed by atoms with Gasteiger partial charge in [0.1, 0.15) is 171 Å². The predicted molar refractivity (Wildman–Crippen MR) is 283 cm³/mol. The summed E-state index contributed by atoms with van der Waals surface area (Å²) in [5.41, 5.74) is 0. The Morgan fingerprint density at radius 1 is 0.323 bits per heavy atom. The van der Waals surface area contributed by atoms with E-state index in [0.717, 1.165) is 13.8 Å². The van der Waals surface area contributed by atoms with Crippen molar-refractivity contribution in [3.8, 4) is 0 Å². The smallest absolute Gasteiger partial charge is 0.335 e. The monoisotopic (exact) mass is 1410 g/mol. The molecule has 8 aliphatic heterocycles. The Labute approximate surface area is 538 Å². The molecule has 0 bridgehead atoms. The molecule has 96 heavy (non-hydrogen) atoms. The second kappa shape index (κ2) is 32.7. The topological polar surface area (TPSA) is 713 Å². The van der Waals surface area contributed by atoms with Crippen LogP contribution in [-0.4, -0.2) is 420 Å². The van der Waals surface area contributed by atoms with Crippen molar-refractivity contribution in [3.05, 3.63) is 0 Å². The molecule has 0 aromatic rings. The van der Waals surface area contributed by atoms with E-state index in [2.05, 4.69) is 10.6 Å². The maximum Gasteiger partial charge on any atom is 0.335 e. The van der Waals surface area contributed by atoms with E-state index in [0.29, 0.717) is 0 Å². The van der Waals surface area contributed by atoms with Gasteiger partial charge in [0.05, 0.1) is 33.0 Å². The van der Waals surface area contributed by atoms with Crippen molar-refractivity contribution < 1.29 is 212 Å². The van der Waals surface area contributed by atoms with Gasteiger partial charge < -0.3 is 199 Å².